The van der Waals surface area contributed by atoms with Crippen LogP contribution in [0.4, 0.5) is 0 Å². The number of para-hydroxylation sites is 2. The second-order valence-electron chi connectivity index (χ2n) is 6.43. The quantitative estimate of drug-likeness (QED) is 0.470. The van der Waals surface area contributed by atoms with Gasteiger partial charge in [0.1, 0.15) is 0 Å². The molecule has 30 heavy (non-hydrogen) atoms. The minimum Gasteiger partial charge on any atom is -0.872 e. The molecule has 0 radical (unpaired) electrons. The maximum Gasteiger partial charge on any atom is -0.0623 e. The van der Waals surface area contributed by atoms with Crippen LogP contribution in [0.2, 0.25) is 0 Å². The Morgan fingerprint density at radius 1 is 0.867 bits per heavy atom. The van der Waals surface area contributed by atoms with Crippen molar-refractivity contribution < 1.29 is 34.4 Å². The Bertz CT molecular complexity index is 771. The number of rotatable bonds is 0. The van der Waals surface area contributed by atoms with E-state index in [1.165, 1.54) is 65.2 Å². The van der Waals surface area contributed by atoms with Crippen LogP contribution in [0, 0.1) is 18.1 Å². The van der Waals surface area contributed by atoms with Crippen molar-refractivity contribution in [2.75, 3.05) is 0 Å². The summed E-state index contributed by atoms with van der Waals surface area (Å²) in [7, 11) is 0. The van der Waals surface area contributed by atoms with E-state index in [1.54, 1.807) is 24.3 Å². The van der Waals surface area contributed by atoms with Gasteiger partial charge in [0, 0.05) is 0 Å². The van der Waals surface area contributed by atoms with Crippen LogP contribution in [0.3, 0.4) is 0 Å². The predicted octanol–water partition coefficient (Wildman–Crippen LogP) is 5.51. The first-order valence-corrected chi connectivity index (χ1v) is 11.4. The molecule has 4 rings (SSSR count). The Morgan fingerprint density at radius 2 is 1.33 bits per heavy atom. The minimum absolute atomic E-state index is 0.0718. The molecule has 0 spiro atoms. The maximum atomic E-state index is 10.3. The fourth-order valence-electron chi connectivity index (χ4n) is 2.34. The molecule has 3 heteroatoms. The van der Waals surface area contributed by atoms with Gasteiger partial charge in [0.25, 0.3) is 0 Å². The number of allylic oxidation sites excluding steroid dienone is 8. The molecule has 0 aliphatic heterocycles. The van der Waals surface area contributed by atoms with Crippen LogP contribution in [0.1, 0.15) is 34.1 Å². The zero-order valence-electron chi connectivity index (χ0n) is 18.3. The topological polar surface area (TPSA) is 46.1 Å². The first kappa shape index (κ1) is 27.8. The SMILES string of the molecule is CC1=[C-]C(C)C(C)=C1C.[C-]1=CC=CC1.[CH2]=[Zr+2].[O-]c1ccccc1.[O-]c1ccccc1. The van der Waals surface area contributed by atoms with E-state index in [0.717, 1.165) is 6.42 Å². The van der Waals surface area contributed by atoms with E-state index in [-0.39, 0.29) is 11.5 Å². The monoisotopic (exact) mass is 476 g/mol. The predicted molar refractivity (Wildman–Crippen MR) is 120 cm³/mol. The second-order valence-corrected chi connectivity index (χ2v) is 6.43. The second kappa shape index (κ2) is 17.6. The van der Waals surface area contributed by atoms with E-state index in [4.69, 9.17) is 0 Å². The summed E-state index contributed by atoms with van der Waals surface area (Å²) in [6.07, 6.45) is 13.4. The first-order valence-electron chi connectivity index (χ1n) is 9.71. The summed E-state index contributed by atoms with van der Waals surface area (Å²) >= 11 is 1.30. The smallest absolute Gasteiger partial charge is 0.0623 e. The van der Waals surface area contributed by atoms with Crippen LogP contribution in [0.15, 0.2) is 95.6 Å². The molecule has 2 nitrogen and oxygen atoms in total. The van der Waals surface area contributed by atoms with Gasteiger partial charge in [-0.3, -0.25) is 12.2 Å². The molecular formula is C27H30O2Zr-2. The molecule has 2 aromatic carbocycles. The van der Waals surface area contributed by atoms with Crippen LogP contribution in [-0.4, -0.2) is 4.21 Å². The van der Waals surface area contributed by atoms with Gasteiger partial charge in [-0.2, -0.15) is 17.2 Å². The summed E-state index contributed by atoms with van der Waals surface area (Å²) in [6.45, 7) is 8.67. The number of benzene rings is 2. The zero-order valence-corrected chi connectivity index (χ0v) is 20.8. The molecule has 0 N–H and O–H groups in total. The molecular weight excluding hydrogens is 448 g/mol. The Kier molecular flexibility index (Phi) is 16.3. The Hall–Kier alpha value is -2.25. The van der Waals surface area contributed by atoms with Gasteiger partial charge in [-0.25, -0.2) is 17.7 Å². The minimum atomic E-state index is 0.0718. The van der Waals surface area contributed by atoms with Crippen LogP contribution < -0.4 is 10.2 Å². The van der Waals surface area contributed by atoms with Gasteiger partial charge in [-0.05, 0) is 0 Å². The van der Waals surface area contributed by atoms with Crippen molar-refractivity contribution in [2.45, 2.75) is 34.1 Å². The third-order valence-corrected chi connectivity index (χ3v) is 4.31. The van der Waals surface area contributed by atoms with Gasteiger partial charge < -0.3 is 10.2 Å². The molecule has 0 bridgehead atoms. The molecule has 0 aromatic heterocycles. The molecule has 1 unspecified atom stereocenters. The normalized spacial score (nSPS) is 15.3. The third kappa shape index (κ3) is 13.1. The summed E-state index contributed by atoms with van der Waals surface area (Å²) in [6, 6.07) is 16.7. The molecule has 2 aliphatic rings. The summed E-state index contributed by atoms with van der Waals surface area (Å²) in [5, 5.41) is 20.5. The van der Waals surface area contributed by atoms with Crippen LogP contribution >= 0.6 is 0 Å². The van der Waals surface area contributed by atoms with Gasteiger partial charge in [0.15, 0.2) is 0 Å². The average Bonchev–Trinajstić information content (AvgIpc) is 3.42. The van der Waals surface area contributed by atoms with Crippen molar-refractivity contribution in [3.05, 3.63) is 108 Å². The van der Waals surface area contributed by atoms with Gasteiger partial charge in [-0.15, -0.1) is 24.8 Å². The van der Waals surface area contributed by atoms with Crippen molar-refractivity contribution in [2.24, 2.45) is 5.92 Å². The molecule has 156 valence electrons. The molecule has 1 atom stereocenters. The molecule has 2 aromatic rings. The largest absolute Gasteiger partial charge is 0.872 e. The summed E-state index contributed by atoms with van der Waals surface area (Å²) in [4.78, 5) is 0. The van der Waals surface area contributed by atoms with Gasteiger partial charge >= 0.3 is 28.4 Å². The first-order chi connectivity index (χ1) is 14.4. The number of hydrogen-bond acceptors (Lipinski definition) is 2. The van der Waals surface area contributed by atoms with Crippen LogP contribution in [0.25, 0.3) is 0 Å². The standard InChI is InChI=1S/C9H13.2C6H6O.C5H5.CH2.Zr/c1-6-5-7(2)9(4)8(6)3;2*7-6-4-2-1-3-5-6;1-2-4-5-3-1;;/h6H,1-4H3;2*1-5,7H;1-3H,4H2;1H2;/q-1;;;-1;;+2/p-2. The Labute approximate surface area is 197 Å². The average molecular weight is 478 g/mol. The third-order valence-electron chi connectivity index (χ3n) is 4.31. The van der Waals surface area contributed by atoms with E-state index in [9.17, 15) is 10.2 Å². The fraction of sp³-hybridized carbons (Fsp3) is 0.222. The Balaban J connectivity index is 0.000000369. The molecule has 0 heterocycles. The van der Waals surface area contributed by atoms with E-state index >= 15 is 0 Å². The molecule has 0 saturated heterocycles. The molecule has 0 amide bonds. The van der Waals surface area contributed by atoms with Gasteiger partial charge in [-0.1, -0.05) is 87.4 Å². The van der Waals surface area contributed by atoms with Gasteiger partial charge in [0.05, 0.1) is 0 Å². The van der Waals surface area contributed by atoms with Gasteiger partial charge in [0.2, 0.25) is 0 Å². The van der Waals surface area contributed by atoms with Crippen molar-refractivity contribution in [1.29, 1.82) is 0 Å². The molecule has 0 fully saturated rings. The van der Waals surface area contributed by atoms with E-state index in [1.807, 2.05) is 24.3 Å². The maximum absolute atomic E-state index is 10.3. The summed E-state index contributed by atoms with van der Waals surface area (Å²) in [5.74, 6) is 0.704. The van der Waals surface area contributed by atoms with Crippen LogP contribution in [-0.2, 0) is 24.2 Å². The van der Waals surface area contributed by atoms with Crippen molar-refractivity contribution >= 4 is 4.21 Å². The summed E-state index contributed by atoms with van der Waals surface area (Å²) < 4.78 is 3.34. The van der Waals surface area contributed by atoms with E-state index < -0.39 is 0 Å². The van der Waals surface area contributed by atoms with E-state index in [0.29, 0.717) is 5.92 Å². The molecule has 0 saturated carbocycles. The van der Waals surface area contributed by atoms with Crippen LogP contribution in [0.5, 0.6) is 11.5 Å². The van der Waals surface area contributed by atoms with Crippen molar-refractivity contribution in [3.63, 3.8) is 0 Å². The van der Waals surface area contributed by atoms with Crippen molar-refractivity contribution in [3.8, 4) is 11.5 Å². The number of hydrogen-bond donors (Lipinski definition) is 0. The fourth-order valence-corrected chi connectivity index (χ4v) is 2.34. The zero-order chi connectivity index (χ0) is 22.8. The summed E-state index contributed by atoms with van der Waals surface area (Å²) in [5.41, 5.74) is 4.25. The van der Waals surface area contributed by atoms with E-state index in [2.05, 4.69) is 50.1 Å². The molecule has 2 aliphatic carbocycles. The van der Waals surface area contributed by atoms with Crippen molar-refractivity contribution in [1.82, 2.24) is 0 Å². The Morgan fingerprint density at radius 3 is 1.47 bits per heavy atom.